The highest BCUT2D eigenvalue weighted by molar-refractivity contribution is 6.05. The van der Waals surface area contributed by atoms with Crippen molar-refractivity contribution in [1.82, 2.24) is 40.3 Å². The number of rotatable bonds is 12. The van der Waals surface area contributed by atoms with E-state index >= 15 is 0 Å². The number of aryl methyl sites for hydroxylation is 1. The molecule has 0 spiro atoms. The maximum absolute atomic E-state index is 13.1. The number of piperidine rings is 2. The zero-order valence-corrected chi connectivity index (χ0v) is 36.4. The van der Waals surface area contributed by atoms with Crippen molar-refractivity contribution in [1.29, 1.82) is 0 Å². The summed E-state index contributed by atoms with van der Waals surface area (Å²) in [5.41, 5.74) is 7.32. The summed E-state index contributed by atoms with van der Waals surface area (Å²) in [7, 11) is 0. The van der Waals surface area contributed by atoms with Crippen molar-refractivity contribution in [3.8, 4) is 11.3 Å². The van der Waals surface area contributed by atoms with E-state index in [1.807, 2.05) is 44.2 Å². The predicted molar refractivity (Wildman–Crippen MR) is 240 cm³/mol. The number of likely N-dealkylation sites (tertiary alicyclic amines) is 1. The molecule has 0 aliphatic carbocycles. The molecule has 4 aromatic rings. The molecule has 5 aliphatic rings. The Morgan fingerprint density at radius 1 is 0.889 bits per heavy atom. The number of anilines is 4. The van der Waals surface area contributed by atoms with E-state index in [0.29, 0.717) is 55.7 Å². The first-order chi connectivity index (χ1) is 30.5. The quantitative estimate of drug-likeness (QED) is 0.168. The van der Waals surface area contributed by atoms with Crippen LogP contribution < -0.4 is 25.8 Å². The minimum absolute atomic E-state index is 0.0670. The number of piperazine rings is 1. The van der Waals surface area contributed by atoms with E-state index in [0.717, 1.165) is 92.5 Å². The molecule has 4 saturated heterocycles. The molecule has 16 nitrogen and oxygen atoms in total. The molecule has 3 N–H and O–H groups in total. The first-order valence-corrected chi connectivity index (χ1v) is 22.4. The van der Waals surface area contributed by atoms with E-state index in [9.17, 15) is 19.2 Å². The summed E-state index contributed by atoms with van der Waals surface area (Å²) in [4.78, 5) is 74.7. The Morgan fingerprint density at radius 2 is 1.67 bits per heavy atom. The predicted octanol–water partition coefficient (Wildman–Crippen LogP) is 4.71. The largest absolute Gasteiger partial charge is 0.372 e. The van der Waals surface area contributed by atoms with Crippen LogP contribution in [-0.4, -0.2) is 131 Å². The van der Waals surface area contributed by atoms with Gasteiger partial charge in [-0.05, 0) is 106 Å². The molecule has 1 unspecified atom stereocenters. The molecule has 0 saturated carbocycles. The van der Waals surface area contributed by atoms with Gasteiger partial charge in [-0.3, -0.25) is 24.6 Å². The number of carbonyl (C=O) groups is 4. The van der Waals surface area contributed by atoms with Gasteiger partial charge in [-0.25, -0.2) is 19.7 Å². The van der Waals surface area contributed by atoms with Gasteiger partial charge in [0.1, 0.15) is 11.9 Å². The van der Waals surface area contributed by atoms with Crippen molar-refractivity contribution >= 4 is 46.9 Å². The van der Waals surface area contributed by atoms with Crippen LogP contribution in [0, 0.1) is 12.8 Å². The van der Waals surface area contributed by atoms with Gasteiger partial charge in [-0.1, -0.05) is 12.1 Å². The number of pyridine rings is 1. The number of fused-ring (bicyclic) bond motifs is 1. The Balaban J connectivity index is 0.705. The molecule has 5 aliphatic heterocycles. The topological polar surface area (TPSA) is 168 Å². The van der Waals surface area contributed by atoms with Crippen molar-refractivity contribution < 1.29 is 23.9 Å². The summed E-state index contributed by atoms with van der Waals surface area (Å²) in [6.45, 7) is 15.0. The lowest BCUT2D eigenvalue weighted by Crippen LogP contribution is -2.58. The third-order valence-electron chi connectivity index (χ3n) is 13.0. The number of urea groups is 1. The average molecular weight is 856 g/mol. The van der Waals surface area contributed by atoms with Crippen LogP contribution in [0.2, 0.25) is 0 Å². The van der Waals surface area contributed by atoms with Gasteiger partial charge < -0.3 is 35.0 Å². The molecule has 330 valence electrons. The van der Waals surface area contributed by atoms with Crippen molar-refractivity contribution in [3.05, 3.63) is 89.2 Å². The maximum atomic E-state index is 13.1. The average Bonchev–Trinajstić information content (AvgIpc) is 3.59. The highest BCUT2D eigenvalue weighted by Crippen LogP contribution is 2.31. The Morgan fingerprint density at radius 3 is 2.40 bits per heavy atom. The number of carbonyl (C=O) groups excluding carboxylic acids is 4. The van der Waals surface area contributed by atoms with Crippen LogP contribution in [0.4, 0.5) is 27.9 Å². The number of benzene rings is 2. The van der Waals surface area contributed by atoms with E-state index in [1.165, 1.54) is 5.69 Å². The lowest BCUT2D eigenvalue weighted by Gasteiger charge is -2.40. The number of nitrogens with one attached hydrogen (secondary N) is 3. The summed E-state index contributed by atoms with van der Waals surface area (Å²) >= 11 is 0. The Kier molecular flexibility index (Phi) is 12.3. The molecule has 0 bridgehead atoms. The molecule has 16 heteroatoms. The fourth-order valence-electron chi connectivity index (χ4n) is 9.37. The molecular formula is C47H57N11O5. The van der Waals surface area contributed by atoms with Crippen LogP contribution >= 0.6 is 0 Å². The number of amides is 5. The van der Waals surface area contributed by atoms with Crippen LogP contribution in [0.15, 0.2) is 66.9 Å². The second-order valence-corrected chi connectivity index (χ2v) is 17.7. The molecule has 0 radical (unpaired) electrons. The Labute approximate surface area is 368 Å². The molecule has 9 rings (SSSR count). The lowest BCUT2D eigenvalue weighted by atomic mass is 9.95. The molecule has 2 aromatic carbocycles. The SMILES string of the molecule is Cc1cc(-c2ccnc(Nc3ccc(N4CCN(CC5CCN(c6ccc7c(n6)CN(C6CCC(=O)NC6=O)C7=O)CC5)CC4)cc3)n2)ccc1CNC(=O)N1CC(OC(C)C)C1. The second-order valence-electron chi connectivity index (χ2n) is 17.7. The fourth-order valence-corrected chi connectivity index (χ4v) is 9.37. The van der Waals surface area contributed by atoms with Gasteiger partial charge in [-0.2, -0.15) is 0 Å². The Hall–Kier alpha value is -6.13. The first kappa shape index (κ1) is 42.2. The van der Waals surface area contributed by atoms with E-state index < -0.39 is 11.9 Å². The van der Waals surface area contributed by atoms with Crippen LogP contribution in [0.25, 0.3) is 11.3 Å². The zero-order valence-electron chi connectivity index (χ0n) is 36.4. The molecule has 7 heterocycles. The second kappa shape index (κ2) is 18.3. The number of ether oxygens (including phenoxy) is 1. The highest BCUT2D eigenvalue weighted by Gasteiger charge is 2.40. The molecule has 5 amide bonds. The minimum atomic E-state index is -0.634. The van der Waals surface area contributed by atoms with Crippen LogP contribution in [-0.2, 0) is 27.4 Å². The third-order valence-corrected chi connectivity index (χ3v) is 13.0. The molecule has 4 fully saturated rings. The van der Waals surface area contributed by atoms with Crippen LogP contribution in [0.3, 0.4) is 0 Å². The van der Waals surface area contributed by atoms with E-state index in [-0.39, 0.29) is 36.5 Å². The first-order valence-electron chi connectivity index (χ1n) is 22.4. The van der Waals surface area contributed by atoms with Gasteiger partial charge in [0.15, 0.2) is 0 Å². The number of nitrogens with zero attached hydrogens (tertiary/aromatic N) is 8. The van der Waals surface area contributed by atoms with E-state index in [4.69, 9.17) is 14.7 Å². The monoisotopic (exact) mass is 855 g/mol. The molecule has 63 heavy (non-hydrogen) atoms. The van der Waals surface area contributed by atoms with Crippen molar-refractivity contribution in [2.75, 3.05) is 74.0 Å². The zero-order chi connectivity index (χ0) is 43.6. The summed E-state index contributed by atoms with van der Waals surface area (Å²) in [5.74, 6) is 1.15. The van der Waals surface area contributed by atoms with Gasteiger partial charge >= 0.3 is 6.03 Å². The van der Waals surface area contributed by atoms with Gasteiger partial charge in [0, 0.05) is 81.9 Å². The molecular weight excluding hydrogens is 799 g/mol. The van der Waals surface area contributed by atoms with Crippen LogP contribution in [0.5, 0.6) is 0 Å². The smallest absolute Gasteiger partial charge is 0.317 e. The standard InChI is InChI=1S/C47H57N11O5/c1-30(2)63-37-27-57(28-37)47(62)49-25-34-5-4-33(24-31(34)3)39-14-17-48-46(52-39)50-35-6-8-36(9-7-35)55-22-20-54(21-23-55)26-32-15-18-56(19-16-32)42-12-10-38-40(51-42)29-58(45(38)61)41-11-13-43(59)53-44(41)60/h4-10,12,14,17,24,30,32,37,41H,11,13,15-16,18-23,25-29H2,1-3H3,(H,49,62)(H,48,50,52)(H,53,59,60). The van der Waals surface area contributed by atoms with E-state index in [1.54, 1.807) is 16.0 Å². The third kappa shape index (κ3) is 9.61. The number of aromatic nitrogens is 3. The minimum Gasteiger partial charge on any atom is -0.372 e. The number of imide groups is 1. The van der Waals surface area contributed by atoms with Gasteiger partial charge in [-0.15, -0.1) is 0 Å². The van der Waals surface area contributed by atoms with Crippen molar-refractivity contribution in [2.45, 2.75) is 77.8 Å². The van der Waals surface area contributed by atoms with E-state index in [2.05, 4.69) is 72.9 Å². The highest BCUT2D eigenvalue weighted by atomic mass is 16.5. The van der Waals surface area contributed by atoms with Crippen LogP contribution in [0.1, 0.15) is 66.7 Å². The lowest BCUT2D eigenvalue weighted by molar-refractivity contribution is -0.136. The molecule has 1 atom stereocenters. The molecule has 2 aromatic heterocycles. The van der Waals surface area contributed by atoms with Crippen molar-refractivity contribution in [3.63, 3.8) is 0 Å². The maximum Gasteiger partial charge on any atom is 0.317 e. The summed E-state index contributed by atoms with van der Waals surface area (Å²) < 4.78 is 5.77. The summed E-state index contributed by atoms with van der Waals surface area (Å²) in [5, 5.41) is 8.78. The van der Waals surface area contributed by atoms with Gasteiger partial charge in [0.2, 0.25) is 17.8 Å². The van der Waals surface area contributed by atoms with Gasteiger partial charge in [0.05, 0.1) is 48.8 Å². The summed E-state index contributed by atoms with van der Waals surface area (Å²) in [6.07, 6.45) is 4.81. The summed E-state index contributed by atoms with van der Waals surface area (Å²) in [6, 6.07) is 19.7. The fraction of sp³-hybridized carbons (Fsp3) is 0.468. The Bertz CT molecular complexity index is 2340. The van der Waals surface area contributed by atoms with Gasteiger partial charge in [0.25, 0.3) is 5.91 Å². The number of hydrogen-bond acceptors (Lipinski definition) is 12. The number of hydrogen-bond donors (Lipinski definition) is 3. The normalized spacial score (nSPS) is 19.9. The van der Waals surface area contributed by atoms with Crippen molar-refractivity contribution in [2.24, 2.45) is 5.92 Å².